The Bertz CT molecular complexity index is 615. The lowest BCUT2D eigenvalue weighted by atomic mass is 10.00. The maximum Gasteiger partial charge on any atom is 0.150 e. The van der Waals surface area contributed by atoms with E-state index in [1.807, 2.05) is 11.7 Å². The third-order valence-electron chi connectivity index (χ3n) is 4.05. The second-order valence-corrected chi connectivity index (χ2v) is 5.50. The maximum absolute atomic E-state index is 6.32. The molecule has 2 aromatic rings. The molecule has 0 bridgehead atoms. The zero-order valence-electron chi connectivity index (χ0n) is 12.3. The first-order chi connectivity index (χ1) is 9.70. The molecule has 0 saturated heterocycles. The molecule has 2 N–H and O–H groups in total. The van der Waals surface area contributed by atoms with Crippen LogP contribution in [0.4, 0.5) is 11.5 Å². The van der Waals surface area contributed by atoms with Crippen LogP contribution in [-0.2, 0) is 26.4 Å². The fraction of sp³-hybridized carbons (Fsp3) is 0.438. The molecule has 0 fully saturated rings. The van der Waals surface area contributed by atoms with Gasteiger partial charge in [0.05, 0.1) is 11.4 Å². The summed E-state index contributed by atoms with van der Waals surface area (Å²) in [5.41, 5.74) is 11.1. The van der Waals surface area contributed by atoms with Gasteiger partial charge in [-0.15, -0.1) is 0 Å². The third-order valence-corrected chi connectivity index (χ3v) is 4.05. The summed E-state index contributed by atoms with van der Waals surface area (Å²) in [6.07, 6.45) is 3.09. The lowest BCUT2D eigenvalue weighted by Crippen LogP contribution is -2.32. The Morgan fingerprint density at radius 3 is 2.75 bits per heavy atom. The zero-order valence-corrected chi connectivity index (χ0v) is 12.3. The first-order valence-electron chi connectivity index (χ1n) is 7.33. The molecule has 20 heavy (non-hydrogen) atoms. The van der Waals surface area contributed by atoms with Crippen LogP contribution in [0.2, 0.25) is 0 Å². The van der Waals surface area contributed by atoms with Crippen molar-refractivity contribution in [3.63, 3.8) is 0 Å². The number of aromatic nitrogens is 2. The van der Waals surface area contributed by atoms with Crippen LogP contribution in [-0.4, -0.2) is 16.3 Å². The highest BCUT2D eigenvalue weighted by Gasteiger charge is 2.22. The number of anilines is 2. The third kappa shape index (κ3) is 2.15. The van der Waals surface area contributed by atoms with Gasteiger partial charge in [-0.3, -0.25) is 4.68 Å². The number of hydrogen-bond acceptors (Lipinski definition) is 3. The number of benzene rings is 1. The molecule has 0 saturated carbocycles. The lowest BCUT2D eigenvalue weighted by Gasteiger charge is -2.30. The van der Waals surface area contributed by atoms with Crippen LogP contribution in [0.3, 0.4) is 0 Å². The largest absolute Gasteiger partial charge is 0.394 e. The average molecular weight is 270 g/mol. The van der Waals surface area contributed by atoms with Crippen molar-refractivity contribution in [1.82, 2.24) is 9.78 Å². The highest BCUT2D eigenvalue weighted by atomic mass is 15.4. The Morgan fingerprint density at radius 1 is 1.25 bits per heavy atom. The van der Waals surface area contributed by atoms with E-state index >= 15 is 0 Å². The van der Waals surface area contributed by atoms with E-state index < -0.39 is 0 Å². The standard InChI is InChI=1S/C16H22N4/c1-3-6-14-15(17)16(19(2)18-14)20-10-9-12-7-4-5-8-13(12)11-20/h4-5,7-8H,3,6,9-11,17H2,1-2H3. The van der Waals surface area contributed by atoms with Crippen molar-refractivity contribution in [3.05, 3.63) is 41.1 Å². The van der Waals surface area contributed by atoms with Crippen LogP contribution in [0.1, 0.15) is 30.2 Å². The fourth-order valence-electron chi connectivity index (χ4n) is 3.06. The molecular formula is C16H22N4. The van der Waals surface area contributed by atoms with Gasteiger partial charge in [-0.25, -0.2) is 0 Å². The first kappa shape index (κ1) is 13.0. The Hall–Kier alpha value is -1.97. The number of hydrogen-bond donors (Lipinski definition) is 1. The van der Waals surface area contributed by atoms with Crippen LogP contribution in [0.15, 0.2) is 24.3 Å². The predicted molar refractivity (Wildman–Crippen MR) is 82.8 cm³/mol. The normalized spacial score (nSPS) is 14.4. The lowest BCUT2D eigenvalue weighted by molar-refractivity contribution is 0.665. The molecule has 0 aliphatic carbocycles. The first-order valence-corrected chi connectivity index (χ1v) is 7.33. The molecule has 3 rings (SSSR count). The summed E-state index contributed by atoms with van der Waals surface area (Å²) in [5.74, 6) is 1.07. The quantitative estimate of drug-likeness (QED) is 0.932. The van der Waals surface area contributed by atoms with E-state index in [1.54, 1.807) is 0 Å². The molecular weight excluding hydrogens is 248 g/mol. The Kier molecular flexibility index (Phi) is 3.38. The molecule has 1 aromatic carbocycles. The average Bonchev–Trinajstić information content (AvgIpc) is 2.73. The van der Waals surface area contributed by atoms with Crippen molar-refractivity contribution in [1.29, 1.82) is 0 Å². The summed E-state index contributed by atoms with van der Waals surface area (Å²) in [5, 5.41) is 4.58. The number of rotatable bonds is 3. The van der Waals surface area contributed by atoms with Crippen LogP contribution in [0, 0.1) is 0 Å². The van der Waals surface area contributed by atoms with E-state index in [9.17, 15) is 0 Å². The molecule has 0 radical (unpaired) electrons. The molecule has 1 aliphatic heterocycles. The van der Waals surface area contributed by atoms with Gasteiger partial charge in [0.2, 0.25) is 0 Å². The van der Waals surface area contributed by atoms with Gasteiger partial charge in [-0.2, -0.15) is 5.10 Å². The second kappa shape index (κ2) is 5.19. The number of aryl methyl sites for hydroxylation is 2. The summed E-state index contributed by atoms with van der Waals surface area (Å²) in [7, 11) is 1.99. The summed E-state index contributed by atoms with van der Waals surface area (Å²) in [6, 6.07) is 8.66. The van der Waals surface area contributed by atoms with E-state index in [0.717, 1.165) is 49.6 Å². The van der Waals surface area contributed by atoms with Crippen LogP contribution in [0.25, 0.3) is 0 Å². The van der Waals surface area contributed by atoms with E-state index in [2.05, 4.69) is 41.2 Å². The fourth-order valence-corrected chi connectivity index (χ4v) is 3.06. The van der Waals surface area contributed by atoms with Gasteiger partial charge in [0, 0.05) is 20.1 Å². The zero-order chi connectivity index (χ0) is 14.1. The summed E-state index contributed by atoms with van der Waals surface area (Å²) in [4.78, 5) is 2.35. The highest BCUT2D eigenvalue weighted by Crippen LogP contribution is 2.31. The summed E-state index contributed by atoms with van der Waals surface area (Å²) in [6.45, 7) is 4.09. The minimum Gasteiger partial charge on any atom is -0.394 e. The number of fused-ring (bicyclic) bond motifs is 1. The Labute approximate surface area is 120 Å². The van der Waals surface area contributed by atoms with E-state index in [4.69, 9.17) is 5.73 Å². The second-order valence-electron chi connectivity index (χ2n) is 5.50. The molecule has 1 aliphatic rings. The smallest absolute Gasteiger partial charge is 0.150 e. The van der Waals surface area contributed by atoms with Crippen LogP contribution < -0.4 is 10.6 Å². The molecule has 0 atom stereocenters. The van der Waals surface area contributed by atoms with E-state index in [-0.39, 0.29) is 0 Å². The maximum atomic E-state index is 6.32. The van der Waals surface area contributed by atoms with Gasteiger partial charge in [0.15, 0.2) is 5.82 Å². The van der Waals surface area contributed by atoms with Gasteiger partial charge in [0.1, 0.15) is 0 Å². The van der Waals surface area contributed by atoms with Gasteiger partial charge >= 0.3 is 0 Å². The van der Waals surface area contributed by atoms with Crippen molar-refractivity contribution >= 4 is 11.5 Å². The Balaban J connectivity index is 1.92. The van der Waals surface area contributed by atoms with Crippen LogP contribution in [0.5, 0.6) is 0 Å². The van der Waals surface area contributed by atoms with Crippen molar-refractivity contribution in [3.8, 4) is 0 Å². The molecule has 4 heteroatoms. The van der Waals surface area contributed by atoms with Crippen molar-refractivity contribution in [2.75, 3.05) is 17.2 Å². The number of nitrogens with zero attached hydrogens (tertiary/aromatic N) is 3. The van der Waals surface area contributed by atoms with Gasteiger partial charge in [0.25, 0.3) is 0 Å². The van der Waals surface area contributed by atoms with Crippen molar-refractivity contribution in [2.45, 2.75) is 32.7 Å². The van der Waals surface area contributed by atoms with Crippen molar-refractivity contribution < 1.29 is 0 Å². The molecule has 0 spiro atoms. The minimum atomic E-state index is 0.855. The molecule has 0 unspecified atom stereocenters. The molecule has 4 nitrogen and oxygen atoms in total. The summed E-state index contributed by atoms with van der Waals surface area (Å²) >= 11 is 0. The minimum absolute atomic E-state index is 0.855. The number of nitrogen functional groups attached to an aromatic ring is 1. The number of nitrogens with two attached hydrogens (primary N) is 1. The van der Waals surface area contributed by atoms with Gasteiger partial charge in [-0.1, -0.05) is 37.6 Å². The highest BCUT2D eigenvalue weighted by molar-refractivity contribution is 5.67. The molecule has 0 amide bonds. The van der Waals surface area contributed by atoms with Gasteiger partial charge in [-0.05, 0) is 24.0 Å². The predicted octanol–water partition coefficient (Wildman–Crippen LogP) is 2.52. The monoisotopic (exact) mass is 270 g/mol. The molecule has 1 aromatic heterocycles. The summed E-state index contributed by atoms with van der Waals surface area (Å²) < 4.78 is 1.94. The van der Waals surface area contributed by atoms with Crippen molar-refractivity contribution in [2.24, 2.45) is 7.05 Å². The SMILES string of the molecule is CCCc1nn(C)c(N2CCc3ccccc3C2)c1N. The van der Waals surface area contributed by atoms with E-state index in [1.165, 1.54) is 11.1 Å². The van der Waals surface area contributed by atoms with Crippen LogP contribution >= 0.6 is 0 Å². The van der Waals surface area contributed by atoms with E-state index in [0.29, 0.717) is 0 Å². The molecule has 2 heterocycles. The molecule has 106 valence electrons. The Morgan fingerprint density at radius 2 is 2.00 bits per heavy atom. The van der Waals surface area contributed by atoms with Gasteiger partial charge < -0.3 is 10.6 Å². The topological polar surface area (TPSA) is 47.1 Å².